The molecular formula is C38H70NO8P. The lowest BCUT2D eigenvalue weighted by Gasteiger charge is -2.28. The number of phosphoric acid groups is 1. The summed E-state index contributed by atoms with van der Waals surface area (Å²) >= 11 is 0. The first-order chi connectivity index (χ1) is 23.0. The number of unbranched alkanes of at least 4 members (excludes halogenated alkanes) is 13. The van der Waals surface area contributed by atoms with Crippen molar-refractivity contribution in [3.63, 3.8) is 0 Å². The molecule has 0 amide bonds. The second-order valence-corrected chi connectivity index (χ2v) is 15.0. The largest absolute Gasteiger partial charge is 0.756 e. The number of allylic oxidation sites excluding steroid dienone is 6. The summed E-state index contributed by atoms with van der Waals surface area (Å²) in [5, 5.41) is 0. The normalized spacial score (nSPS) is 14.2. The van der Waals surface area contributed by atoms with E-state index in [2.05, 4.69) is 50.3 Å². The smallest absolute Gasteiger partial charge is 0.306 e. The molecule has 0 rings (SSSR count). The highest BCUT2D eigenvalue weighted by atomic mass is 31.2. The van der Waals surface area contributed by atoms with Crippen molar-refractivity contribution in [3.8, 4) is 0 Å². The number of phosphoric ester groups is 1. The quantitative estimate of drug-likeness (QED) is 0.0219. The van der Waals surface area contributed by atoms with Crippen molar-refractivity contribution >= 4 is 19.8 Å². The van der Waals surface area contributed by atoms with Crippen molar-refractivity contribution in [1.82, 2.24) is 0 Å². The maximum absolute atomic E-state index is 12.6. The molecule has 0 aromatic rings. The molecule has 0 heterocycles. The van der Waals surface area contributed by atoms with Crippen LogP contribution in [-0.4, -0.2) is 70.0 Å². The summed E-state index contributed by atoms with van der Waals surface area (Å²) in [4.78, 5) is 37.2. The Kier molecular flexibility index (Phi) is 30.1. The Morgan fingerprint density at radius 2 is 1.17 bits per heavy atom. The summed E-state index contributed by atoms with van der Waals surface area (Å²) in [7, 11) is 1.14. The van der Waals surface area contributed by atoms with Crippen molar-refractivity contribution in [2.24, 2.45) is 0 Å². The predicted octanol–water partition coefficient (Wildman–Crippen LogP) is 9.16. The van der Waals surface area contributed by atoms with Gasteiger partial charge in [0.15, 0.2) is 6.10 Å². The molecule has 2 unspecified atom stereocenters. The highest BCUT2D eigenvalue weighted by Crippen LogP contribution is 2.38. The van der Waals surface area contributed by atoms with Crippen LogP contribution in [-0.2, 0) is 32.7 Å². The van der Waals surface area contributed by atoms with Crippen molar-refractivity contribution in [2.45, 2.75) is 148 Å². The zero-order valence-electron chi connectivity index (χ0n) is 31.2. The first kappa shape index (κ1) is 46.2. The summed E-state index contributed by atoms with van der Waals surface area (Å²) in [5.74, 6) is -0.868. The Hall–Kier alpha value is -1.77. The third-order valence-corrected chi connectivity index (χ3v) is 8.58. The van der Waals surface area contributed by atoms with Crippen LogP contribution in [0.5, 0.6) is 0 Å². The van der Waals surface area contributed by atoms with Crippen LogP contribution in [0, 0.1) is 0 Å². The zero-order chi connectivity index (χ0) is 35.8. The van der Waals surface area contributed by atoms with Gasteiger partial charge in [-0.1, -0.05) is 108 Å². The summed E-state index contributed by atoms with van der Waals surface area (Å²) in [6.45, 7) is 4.06. The lowest BCUT2D eigenvalue weighted by molar-refractivity contribution is -0.870. The molecule has 9 nitrogen and oxygen atoms in total. The van der Waals surface area contributed by atoms with E-state index < -0.39 is 32.5 Å². The maximum atomic E-state index is 12.6. The van der Waals surface area contributed by atoms with E-state index in [1.165, 1.54) is 19.3 Å². The van der Waals surface area contributed by atoms with Crippen LogP contribution < -0.4 is 4.89 Å². The van der Waals surface area contributed by atoms with E-state index in [1.54, 1.807) is 0 Å². The first-order valence-corrected chi connectivity index (χ1v) is 20.2. The van der Waals surface area contributed by atoms with E-state index >= 15 is 0 Å². The number of esters is 2. The van der Waals surface area contributed by atoms with Gasteiger partial charge < -0.3 is 27.9 Å². The van der Waals surface area contributed by atoms with Crippen LogP contribution >= 0.6 is 7.82 Å². The van der Waals surface area contributed by atoms with E-state index in [1.807, 2.05) is 21.1 Å². The summed E-state index contributed by atoms with van der Waals surface area (Å²) in [6.07, 6.45) is 31.7. The second kappa shape index (κ2) is 31.2. The van der Waals surface area contributed by atoms with E-state index in [0.717, 1.165) is 83.5 Å². The number of ether oxygens (including phenoxy) is 2. The molecule has 0 saturated heterocycles. The number of rotatable bonds is 33. The number of hydrogen-bond acceptors (Lipinski definition) is 8. The van der Waals surface area contributed by atoms with Gasteiger partial charge in [-0.3, -0.25) is 14.2 Å². The third kappa shape index (κ3) is 34.1. The molecule has 10 heteroatoms. The Morgan fingerprint density at radius 1 is 0.646 bits per heavy atom. The second-order valence-electron chi connectivity index (χ2n) is 13.6. The van der Waals surface area contributed by atoms with Gasteiger partial charge >= 0.3 is 11.9 Å². The van der Waals surface area contributed by atoms with Crippen LogP contribution in [0.3, 0.4) is 0 Å². The number of likely N-dealkylation sites (N-methyl/N-ethyl adjacent to an activating group) is 1. The molecule has 280 valence electrons. The molecule has 0 aromatic carbocycles. The highest BCUT2D eigenvalue weighted by molar-refractivity contribution is 7.45. The number of nitrogens with zero attached hydrogens (tertiary/aromatic N) is 1. The van der Waals surface area contributed by atoms with Crippen molar-refractivity contribution in [3.05, 3.63) is 36.5 Å². The molecular weight excluding hydrogens is 629 g/mol. The van der Waals surface area contributed by atoms with Gasteiger partial charge in [-0.2, -0.15) is 0 Å². The molecule has 0 radical (unpaired) electrons. The molecule has 0 aliphatic carbocycles. The van der Waals surface area contributed by atoms with Gasteiger partial charge in [-0.25, -0.2) is 0 Å². The van der Waals surface area contributed by atoms with Gasteiger partial charge in [0, 0.05) is 12.8 Å². The molecule has 48 heavy (non-hydrogen) atoms. The molecule has 0 aromatic heterocycles. The minimum atomic E-state index is -4.62. The fourth-order valence-electron chi connectivity index (χ4n) is 4.61. The van der Waals surface area contributed by atoms with Gasteiger partial charge in [-0.05, 0) is 57.8 Å². The molecule has 0 N–H and O–H groups in total. The molecule has 0 aliphatic heterocycles. The number of quaternary nitrogens is 1. The van der Waals surface area contributed by atoms with Crippen LogP contribution in [0.1, 0.15) is 142 Å². The molecule has 0 bridgehead atoms. The lowest BCUT2D eigenvalue weighted by Crippen LogP contribution is -2.37. The highest BCUT2D eigenvalue weighted by Gasteiger charge is 2.21. The Balaban J connectivity index is 4.50. The first-order valence-electron chi connectivity index (χ1n) is 18.7. The Morgan fingerprint density at radius 3 is 1.75 bits per heavy atom. The fraction of sp³-hybridized carbons (Fsp3) is 0.789. The molecule has 0 aliphatic rings. The minimum Gasteiger partial charge on any atom is -0.756 e. The van der Waals surface area contributed by atoms with Crippen LogP contribution in [0.2, 0.25) is 0 Å². The topological polar surface area (TPSA) is 111 Å². The summed E-state index contributed by atoms with van der Waals surface area (Å²) in [5.41, 5.74) is 0. The van der Waals surface area contributed by atoms with Gasteiger partial charge in [-0.15, -0.1) is 0 Å². The summed E-state index contributed by atoms with van der Waals surface area (Å²) < 4.78 is 33.7. The molecule has 0 spiro atoms. The monoisotopic (exact) mass is 699 g/mol. The lowest BCUT2D eigenvalue weighted by atomic mass is 10.1. The van der Waals surface area contributed by atoms with Crippen LogP contribution in [0.15, 0.2) is 36.5 Å². The van der Waals surface area contributed by atoms with Crippen molar-refractivity contribution < 1.29 is 42.1 Å². The number of carbonyl (C=O) groups excluding carboxylic acids is 2. The van der Waals surface area contributed by atoms with Gasteiger partial charge in [0.1, 0.15) is 19.8 Å². The SMILES string of the molecule is CCC/C=C\C/C=C\CCCCCCCC(=O)OC(COC(=O)CCCCCCC/C=C\CCCC)COP(=O)([O-])OCC[N+](C)(C)C. The fourth-order valence-corrected chi connectivity index (χ4v) is 5.34. The number of hydrogen-bond donors (Lipinski definition) is 0. The Labute approximate surface area is 293 Å². The molecule has 2 atom stereocenters. The van der Waals surface area contributed by atoms with Crippen LogP contribution in [0.25, 0.3) is 0 Å². The zero-order valence-corrected chi connectivity index (χ0v) is 32.1. The van der Waals surface area contributed by atoms with Gasteiger partial charge in [0.25, 0.3) is 7.82 Å². The average molecular weight is 700 g/mol. The Bertz CT molecular complexity index is 928. The summed E-state index contributed by atoms with van der Waals surface area (Å²) in [6, 6.07) is 0. The van der Waals surface area contributed by atoms with E-state index in [9.17, 15) is 19.0 Å². The van der Waals surface area contributed by atoms with E-state index in [0.29, 0.717) is 23.9 Å². The predicted molar refractivity (Wildman–Crippen MR) is 194 cm³/mol. The molecule has 0 saturated carbocycles. The van der Waals surface area contributed by atoms with E-state index in [4.69, 9.17) is 18.5 Å². The van der Waals surface area contributed by atoms with Gasteiger partial charge in [0.2, 0.25) is 0 Å². The standard InChI is InChI=1S/C38H70NO8P/c1-6-8-10-12-14-16-18-19-21-23-25-27-29-31-38(41)47-36(35-46-48(42,43)45-33-32-39(3,4)5)34-44-37(40)30-28-26-24-22-20-17-15-13-11-9-7-2/h10,12-13,15-16,18,36H,6-9,11,14,17,19-35H2,1-5H3/b12-10-,15-13-,18-16-. The van der Waals surface area contributed by atoms with E-state index in [-0.39, 0.29) is 26.1 Å². The maximum Gasteiger partial charge on any atom is 0.306 e. The number of carbonyl (C=O) groups is 2. The van der Waals surface area contributed by atoms with Gasteiger partial charge in [0.05, 0.1) is 27.7 Å². The molecule has 0 fully saturated rings. The third-order valence-electron chi connectivity index (χ3n) is 7.61. The average Bonchev–Trinajstić information content (AvgIpc) is 3.02. The van der Waals surface area contributed by atoms with Crippen molar-refractivity contribution in [2.75, 3.05) is 47.5 Å². The van der Waals surface area contributed by atoms with Crippen LogP contribution in [0.4, 0.5) is 0 Å². The van der Waals surface area contributed by atoms with Crippen molar-refractivity contribution in [1.29, 1.82) is 0 Å². The minimum absolute atomic E-state index is 0.0357.